The van der Waals surface area contributed by atoms with Crippen LogP contribution >= 0.6 is 0 Å². The van der Waals surface area contributed by atoms with E-state index < -0.39 is 0 Å². The van der Waals surface area contributed by atoms with Gasteiger partial charge in [0.05, 0.1) is 11.8 Å². The molecule has 2 heterocycles. The molecule has 1 aliphatic rings. The van der Waals surface area contributed by atoms with Crippen LogP contribution in [0, 0.1) is 0 Å². The van der Waals surface area contributed by atoms with Gasteiger partial charge in [0.25, 0.3) is 0 Å². The zero-order valence-electron chi connectivity index (χ0n) is 20.2. The van der Waals surface area contributed by atoms with Crippen LogP contribution in [0.1, 0.15) is 45.5 Å². The Kier molecular flexibility index (Phi) is 4.37. The second-order valence-corrected chi connectivity index (χ2v) is 9.80. The molecule has 0 saturated heterocycles. The molecule has 0 amide bonds. The van der Waals surface area contributed by atoms with E-state index in [9.17, 15) is 10.2 Å². The highest BCUT2D eigenvalue weighted by Gasteiger charge is 2.41. The van der Waals surface area contributed by atoms with E-state index in [4.69, 9.17) is 0 Å². The molecule has 7 rings (SSSR count). The van der Waals surface area contributed by atoms with Gasteiger partial charge in [0.1, 0.15) is 11.5 Å². The van der Waals surface area contributed by atoms with Crippen molar-refractivity contribution >= 4 is 21.8 Å². The molecule has 176 valence electrons. The Bertz CT molecular complexity index is 1640. The van der Waals surface area contributed by atoms with Crippen LogP contribution in [0.2, 0.25) is 0 Å². The van der Waals surface area contributed by atoms with Crippen molar-refractivity contribution in [1.29, 1.82) is 0 Å². The standard InChI is InChI=1S/C32H26N2O2/c1-33-25-9-5-3-7-23(25)29-28(20-13-17-22(36)18-14-20)32-30(24-8-4-6-10-26(24)34(32)2)27(31(29)33)19-11-15-21(35)16-12-19/h3-18,27-28,35-36H,1-2H3. The molecule has 0 fully saturated rings. The number of fused-ring (bicyclic) bond motifs is 6. The lowest BCUT2D eigenvalue weighted by Crippen LogP contribution is -2.22. The Morgan fingerprint density at radius 3 is 1.25 bits per heavy atom. The van der Waals surface area contributed by atoms with E-state index in [2.05, 4.69) is 71.8 Å². The van der Waals surface area contributed by atoms with Crippen molar-refractivity contribution in [2.75, 3.05) is 0 Å². The van der Waals surface area contributed by atoms with Crippen molar-refractivity contribution < 1.29 is 10.2 Å². The molecular formula is C32H26N2O2. The van der Waals surface area contributed by atoms with Crippen molar-refractivity contribution in [3.8, 4) is 11.5 Å². The largest absolute Gasteiger partial charge is 0.508 e. The van der Waals surface area contributed by atoms with Crippen molar-refractivity contribution in [2.45, 2.75) is 11.8 Å². The van der Waals surface area contributed by atoms with E-state index in [1.807, 2.05) is 24.3 Å². The number of hydrogen-bond acceptors (Lipinski definition) is 2. The van der Waals surface area contributed by atoms with Gasteiger partial charge in [-0.1, -0.05) is 60.7 Å². The van der Waals surface area contributed by atoms with Gasteiger partial charge in [0.15, 0.2) is 0 Å². The molecule has 0 saturated carbocycles. The van der Waals surface area contributed by atoms with Crippen LogP contribution in [0.3, 0.4) is 0 Å². The van der Waals surface area contributed by atoms with Crippen molar-refractivity contribution in [1.82, 2.24) is 9.13 Å². The topological polar surface area (TPSA) is 50.3 Å². The summed E-state index contributed by atoms with van der Waals surface area (Å²) in [4.78, 5) is 0. The van der Waals surface area contributed by atoms with Gasteiger partial charge in [-0.3, -0.25) is 0 Å². The monoisotopic (exact) mass is 470 g/mol. The first kappa shape index (κ1) is 20.9. The molecule has 0 radical (unpaired) electrons. The lowest BCUT2D eigenvalue weighted by atomic mass is 9.72. The molecule has 0 aliphatic heterocycles. The summed E-state index contributed by atoms with van der Waals surface area (Å²) in [5, 5.41) is 22.6. The van der Waals surface area contributed by atoms with Gasteiger partial charge in [-0.25, -0.2) is 0 Å². The third kappa shape index (κ3) is 2.75. The molecule has 0 bridgehead atoms. The second-order valence-electron chi connectivity index (χ2n) is 9.80. The number of aryl methyl sites for hydroxylation is 2. The van der Waals surface area contributed by atoms with E-state index >= 15 is 0 Å². The maximum atomic E-state index is 10.1. The highest BCUT2D eigenvalue weighted by molar-refractivity contribution is 5.94. The maximum absolute atomic E-state index is 10.1. The van der Waals surface area contributed by atoms with Crippen LogP contribution < -0.4 is 0 Å². The van der Waals surface area contributed by atoms with Crippen LogP contribution in [-0.4, -0.2) is 19.3 Å². The molecule has 6 aromatic rings. The van der Waals surface area contributed by atoms with Crippen LogP contribution in [0.4, 0.5) is 0 Å². The number of hydrogen-bond donors (Lipinski definition) is 2. The summed E-state index contributed by atoms with van der Waals surface area (Å²) in [5.41, 5.74) is 9.85. The van der Waals surface area contributed by atoms with E-state index in [1.165, 1.54) is 44.3 Å². The molecule has 4 aromatic carbocycles. The van der Waals surface area contributed by atoms with Crippen LogP contribution in [0.5, 0.6) is 11.5 Å². The predicted octanol–water partition coefficient (Wildman–Crippen LogP) is 6.76. The number of phenols is 2. The highest BCUT2D eigenvalue weighted by Crippen LogP contribution is 2.54. The lowest BCUT2D eigenvalue weighted by molar-refractivity contribution is 0.474. The number of nitrogens with zero attached hydrogens (tertiary/aromatic N) is 2. The zero-order chi connectivity index (χ0) is 24.6. The lowest BCUT2D eigenvalue weighted by Gasteiger charge is -2.33. The van der Waals surface area contributed by atoms with E-state index in [-0.39, 0.29) is 23.3 Å². The minimum absolute atomic E-state index is 0.00691. The quantitative estimate of drug-likeness (QED) is 0.293. The zero-order valence-corrected chi connectivity index (χ0v) is 20.2. The molecular weight excluding hydrogens is 444 g/mol. The smallest absolute Gasteiger partial charge is 0.115 e. The number of rotatable bonds is 2. The van der Waals surface area contributed by atoms with Crippen LogP contribution in [0.15, 0.2) is 97.1 Å². The Hall–Kier alpha value is -4.44. The maximum Gasteiger partial charge on any atom is 0.115 e. The minimum atomic E-state index is 0.00691. The van der Waals surface area contributed by atoms with Crippen molar-refractivity contribution in [2.24, 2.45) is 14.1 Å². The first-order chi connectivity index (χ1) is 17.5. The molecule has 2 N–H and O–H groups in total. The number of para-hydroxylation sites is 2. The fourth-order valence-electron chi connectivity index (χ4n) is 6.45. The van der Waals surface area contributed by atoms with E-state index in [0.29, 0.717) is 0 Å². The van der Waals surface area contributed by atoms with Gasteiger partial charge in [-0.15, -0.1) is 0 Å². The number of aromatic nitrogens is 2. The highest BCUT2D eigenvalue weighted by atomic mass is 16.3. The first-order valence-corrected chi connectivity index (χ1v) is 12.3. The van der Waals surface area contributed by atoms with Gasteiger partial charge in [-0.05, 0) is 58.7 Å². The summed E-state index contributed by atoms with van der Waals surface area (Å²) >= 11 is 0. The van der Waals surface area contributed by atoms with Gasteiger partial charge < -0.3 is 19.3 Å². The predicted molar refractivity (Wildman–Crippen MR) is 144 cm³/mol. The summed E-state index contributed by atoms with van der Waals surface area (Å²) in [6, 6.07) is 32.6. The minimum Gasteiger partial charge on any atom is -0.508 e. The SMILES string of the molecule is Cn1c2c(c3ccccc31)C(c1ccc(O)cc1)c1c(c3ccccc3n1C)C2c1ccc(O)cc1. The number of benzene rings is 4. The summed E-state index contributed by atoms with van der Waals surface area (Å²) in [6.45, 7) is 0. The molecule has 2 unspecified atom stereocenters. The molecule has 0 spiro atoms. The molecule has 36 heavy (non-hydrogen) atoms. The van der Waals surface area contributed by atoms with Gasteiger partial charge in [0, 0.05) is 47.3 Å². The summed E-state index contributed by atoms with van der Waals surface area (Å²) in [7, 11) is 4.33. The van der Waals surface area contributed by atoms with Crippen LogP contribution in [-0.2, 0) is 14.1 Å². The fourth-order valence-corrected chi connectivity index (χ4v) is 6.45. The van der Waals surface area contributed by atoms with Gasteiger partial charge in [-0.2, -0.15) is 0 Å². The Labute approximate surface area is 209 Å². The third-order valence-corrected chi connectivity index (χ3v) is 7.96. The normalized spacial score (nSPS) is 16.8. The molecule has 4 nitrogen and oxygen atoms in total. The van der Waals surface area contributed by atoms with Crippen LogP contribution in [0.25, 0.3) is 21.8 Å². The summed E-state index contributed by atoms with van der Waals surface area (Å²) in [6.07, 6.45) is 0. The molecule has 2 aromatic heterocycles. The Morgan fingerprint density at radius 1 is 0.500 bits per heavy atom. The second kappa shape index (κ2) is 7.53. The average molecular weight is 471 g/mol. The van der Waals surface area contributed by atoms with Gasteiger partial charge in [0.2, 0.25) is 0 Å². The number of phenolic OH excluding ortho intramolecular Hbond substituents is 2. The first-order valence-electron chi connectivity index (χ1n) is 12.3. The summed E-state index contributed by atoms with van der Waals surface area (Å²) < 4.78 is 4.70. The molecule has 4 heteroatoms. The Morgan fingerprint density at radius 2 is 0.861 bits per heavy atom. The third-order valence-electron chi connectivity index (χ3n) is 7.96. The Balaban J connectivity index is 1.68. The van der Waals surface area contributed by atoms with Gasteiger partial charge >= 0.3 is 0 Å². The van der Waals surface area contributed by atoms with Crippen molar-refractivity contribution in [3.63, 3.8) is 0 Å². The fraction of sp³-hybridized carbons (Fsp3) is 0.125. The van der Waals surface area contributed by atoms with Crippen molar-refractivity contribution in [3.05, 3.63) is 131 Å². The number of aromatic hydroxyl groups is 2. The van der Waals surface area contributed by atoms with E-state index in [1.54, 1.807) is 24.3 Å². The molecule has 1 aliphatic carbocycles. The summed E-state index contributed by atoms with van der Waals surface area (Å²) in [5.74, 6) is 0.554. The van der Waals surface area contributed by atoms with E-state index in [0.717, 1.165) is 11.1 Å². The molecule has 2 atom stereocenters. The average Bonchev–Trinajstić information content (AvgIpc) is 3.37.